The van der Waals surface area contributed by atoms with Crippen molar-refractivity contribution in [2.45, 2.75) is 70.1 Å². The molecule has 214 valence electrons. The second-order valence-electron chi connectivity index (χ2n) is 10.9. The molecule has 41 heavy (non-hydrogen) atoms. The molecule has 1 aliphatic carbocycles. The fourth-order valence-electron chi connectivity index (χ4n) is 6.09. The van der Waals surface area contributed by atoms with Crippen LogP contribution in [0.1, 0.15) is 70.4 Å². The van der Waals surface area contributed by atoms with E-state index in [2.05, 4.69) is 0 Å². The van der Waals surface area contributed by atoms with Crippen LogP contribution in [0.15, 0.2) is 60.7 Å². The van der Waals surface area contributed by atoms with E-state index in [9.17, 15) is 9.59 Å². The van der Waals surface area contributed by atoms with Gasteiger partial charge in [0.1, 0.15) is 12.4 Å². The number of amides is 1. The van der Waals surface area contributed by atoms with Crippen molar-refractivity contribution in [2.24, 2.45) is 0 Å². The van der Waals surface area contributed by atoms with Gasteiger partial charge in [0.05, 0.1) is 29.8 Å². The molecule has 8 heteroatoms. The third-order valence-corrected chi connectivity index (χ3v) is 8.56. The average Bonchev–Trinajstić information content (AvgIpc) is 3.59. The fraction of sp³-hybridized carbons (Fsp3) is 0.394. The molecule has 3 aromatic rings. The molecule has 0 bridgehead atoms. The summed E-state index contributed by atoms with van der Waals surface area (Å²) in [6.45, 7) is 1.68. The van der Waals surface area contributed by atoms with Crippen molar-refractivity contribution in [1.29, 1.82) is 0 Å². The standard InChI is InChI=1S/C33H34ClNO6/c1-38-33(37)27-18-23(11-14-28(27)34)22-7-4-6-21(16-22)20-40-25-12-13-26-24(17-25)19-35(32(26)36)29-8-5-9-30(29)41-31-10-2-3-15-39-31/h4,6-7,11-14,16-18,29-31H,2-3,5,8-10,15,19-20H2,1H3. The summed E-state index contributed by atoms with van der Waals surface area (Å²) >= 11 is 6.19. The molecule has 0 aromatic heterocycles. The zero-order valence-electron chi connectivity index (χ0n) is 23.1. The van der Waals surface area contributed by atoms with E-state index in [1.165, 1.54) is 7.11 Å². The van der Waals surface area contributed by atoms with Crippen LogP contribution >= 0.6 is 11.6 Å². The Kier molecular flexibility index (Phi) is 8.28. The van der Waals surface area contributed by atoms with Crippen LogP contribution in [-0.2, 0) is 27.4 Å². The minimum Gasteiger partial charge on any atom is -0.489 e. The maximum Gasteiger partial charge on any atom is 0.339 e. The molecule has 3 unspecified atom stereocenters. The molecule has 2 fully saturated rings. The third kappa shape index (κ3) is 5.98. The predicted molar refractivity (Wildman–Crippen MR) is 155 cm³/mol. The Morgan fingerprint density at radius 2 is 1.88 bits per heavy atom. The Morgan fingerprint density at radius 1 is 1.00 bits per heavy atom. The first-order chi connectivity index (χ1) is 20.0. The van der Waals surface area contributed by atoms with E-state index >= 15 is 0 Å². The Balaban J connectivity index is 1.11. The van der Waals surface area contributed by atoms with Crippen LogP contribution in [0, 0.1) is 0 Å². The van der Waals surface area contributed by atoms with Gasteiger partial charge in [0.15, 0.2) is 6.29 Å². The van der Waals surface area contributed by atoms with E-state index in [0.29, 0.717) is 23.7 Å². The molecular weight excluding hydrogens is 542 g/mol. The lowest BCUT2D eigenvalue weighted by Gasteiger charge is -2.33. The minimum absolute atomic E-state index is 0.0173. The van der Waals surface area contributed by atoms with Crippen molar-refractivity contribution in [1.82, 2.24) is 4.90 Å². The van der Waals surface area contributed by atoms with Crippen LogP contribution in [0.25, 0.3) is 11.1 Å². The van der Waals surface area contributed by atoms with Crippen molar-refractivity contribution < 1.29 is 28.5 Å². The van der Waals surface area contributed by atoms with Gasteiger partial charge in [-0.1, -0.05) is 35.9 Å². The summed E-state index contributed by atoms with van der Waals surface area (Å²) in [5.41, 5.74) is 4.83. The van der Waals surface area contributed by atoms with Gasteiger partial charge < -0.3 is 23.8 Å². The van der Waals surface area contributed by atoms with Crippen molar-refractivity contribution in [3.8, 4) is 16.9 Å². The van der Waals surface area contributed by atoms with Gasteiger partial charge in [-0.05, 0) is 97.2 Å². The molecule has 0 N–H and O–H groups in total. The Hall–Kier alpha value is -3.39. The zero-order valence-corrected chi connectivity index (χ0v) is 23.9. The Labute approximate surface area is 245 Å². The second kappa shape index (κ2) is 12.2. The first-order valence-electron chi connectivity index (χ1n) is 14.3. The quantitative estimate of drug-likeness (QED) is 0.275. The normalized spacial score (nSPS) is 22.0. The molecule has 1 amide bonds. The lowest BCUT2D eigenvalue weighted by Crippen LogP contribution is -2.43. The van der Waals surface area contributed by atoms with E-state index in [1.807, 2.05) is 53.4 Å². The molecule has 3 atom stereocenters. The fourth-order valence-corrected chi connectivity index (χ4v) is 6.29. The molecule has 7 nitrogen and oxygen atoms in total. The predicted octanol–water partition coefficient (Wildman–Crippen LogP) is 6.79. The van der Waals surface area contributed by atoms with Crippen LogP contribution in [-0.4, -0.2) is 48.9 Å². The van der Waals surface area contributed by atoms with Crippen molar-refractivity contribution in [3.63, 3.8) is 0 Å². The lowest BCUT2D eigenvalue weighted by atomic mass is 10.0. The number of halogens is 1. The van der Waals surface area contributed by atoms with Crippen LogP contribution in [0.3, 0.4) is 0 Å². The number of nitrogens with zero attached hydrogens (tertiary/aromatic N) is 1. The van der Waals surface area contributed by atoms with E-state index in [4.69, 9.17) is 30.5 Å². The first-order valence-corrected chi connectivity index (χ1v) is 14.7. The second-order valence-corrected chi connectivity index (χ2v) is 11.3. The van der Waals surface area contributed by atoms with Gasteiger partial charge in [0.25, 0.3) is 5.91 Å². The summed E-state index contributed by atoms with van der Waals surface area (Å²) in [5, 5.41) is 0.350. The van der Waals surface area contributed by atoms with Gasteiger partial charge in [-0.25, -0.2) is 4.79 Å². The smallest absolute Gasteiger partial charge is 0.339 e. The van der Waals surface area contributed by atoms with Crippen molar-refractivity contribution in [3.05, 3.63) is 87.9 Å². The highest BCUT2D eigenvalue weighted by Crippen LogP contribution is 2.36. The lowest BCUT2D eigenvalue weighted by molar-refractivity contribution is -0.194. The summed E-state index contributed by atoms with van der Waals surface area (Å²) < 4.78 is 23.2. The summed E-state index contributed by atoms with van der Waals surface area (Å²) in [5.74, 6) is 0.316. The summed E-state index contributed by atoms with van der Waals surface area (Å²) in [6.07, 6.45) is 5.96. The first kappa shape index (κ1) is 27.8. The number of methoxy groups -OCH3 is 1. The number of rotatable bonds is 8. The van der Waals surface area contributed by atoms with E-state index in [1.54, 1.807) is 12.1 Å². The molecule has 3 aliphatic rings. The number of carbonyl (C=O) groups is 2. The van der Waals surface area contributed by atoms with E-state index in [-0.39, 0.29) is 24.3 Å². The number of ether oxygens (including phenoxy) is 4. The Bertz CT molecular complexity index is 1430. The molecule has 0 spiro atoms. The number of hydrogen-bond donors (Lipinski definition) is 0. The number of benzene rings is 3. The van der Waals surface area contributed by atoms with Crippen LogP contribution in [0.4, 0.5) is 0 Å². The van der Waals surface area contributed by atoms with Crippen LogP contribution in [0.2, 0.25) is 5.02 Å². The SMILES string of the molecule is COC(=O)c1cc(-c2cccc(COc3ccc4c(c3)CN(C3CCCC3OC3CCCCO3)C4=O)c2)ccc1Cl. The zero-order chi connectivity index (χ0) is 28.3. The topological polar surface area (TPSA) is 74.3 Å². The average molecular weight is 576 g/mol. The molecule has 1 saturated heterocycles. The van der Waals surface area contributed by atoms with Gasteiger partial charge in [0, 0.05) is 18.7 Å². The highest BCUT2D eigenvalue weighted by Gasteiger charge is 2.41. The molecule has 3 aromatic carbocycles. The van der Waals surface area contributed by atoms with Crippen LogP contribution < -0.4 is 4.74 Å². The highest BCUT2D eigenvalue weighted by atomic mass is 35.5. The molecule has 1 saturated carbocycles. The minimum atomic E-state index is -0.473. The highest BCUT2D eigenvalue weighted by molar-refractivity contribution is 6.33. The van der Waals surface area contributed by atoms with Gasteiger partial charge in [-0.2, -0.15) is 0 Å². The number of carbonyl (C=O) groups excluding carboxylic acids is 2. The molecule has 2 aliphatic heterocycles. The molecular formula is C33H34ClNO6. The number of esters is 1. The summed E-state index contributed by atoms with van der Waals surface area (Å²) in [6, 6.07) is 19.1. The van der Waals surface area contributed by atoms with Crippen molar-refractivity contribution >= 4 is 23.5 Å². The maximum atomic E-state index is 13.4. The van der Waals surface area contributed by atoms with Gasteiger partial charge in [-0.3, -0.25) is 4.79 Å². The Morgan fingerprint density at radius 3 is 2.71 bits per heavy atom. The van der Waals surface area contributed by atoms with Crippen molar-refractivity contribution in [2.75, 3.05) is 13.7 Å². The van der Waals surface area contributed by atoms with Gasteiger partial charge >= 0.3 is 5.97 Å². The maximum absolute atomic E-state index is 13.4. The van der Waals surface area contributed by atoms with E-state index in [0.717, 1.165) is 78.7 Å². The van der Waals surface area contributed by atoms with Gasteiger partial charge in [0.2, 0.25) is 0 Å². The van der Waals surface area contributed by atoms with E-state index < -0.39 is 5.97 Å². The number of fused-ring (bicyclic) bond motifs is 1. The molecule has 6 rings (SSSR count). The number of hydrogen-bond acceptors (Lipinski definition) is 6. The molecule has 2 heterocycles. The van der Waals surface area contributed by atoms with Crippen LogP contribution in [0.5, 0.6) is 5.75 Å². The summed E-state index contributed by atoms with van der Waals surface area (Å²) in [7, 11) is 1.34. The van der Waals surface area contributed by atoms with Gasteiger partial charge in [-0.15, -0.1) is 0 Å². The third-order valence-electron chi connectivity index (χ3n) is 8.23. The summed E-state index contributed by atoms with van der Waals surface area (Å²) in [4.78, 5) is 27.4. The monoisotopic (exact) mass is 575 g/mol. The molecule has 0 radical (unpaired) electrons. The largest absolute Gasteiger partial charge is 0.489 e.